The molecular weight excluding hydrogens is 474 g/mol. The summed E-state index contributed by atoms with van der Waals surface area (Å²) in [5, 5.41) is 8.53. The fourth-order valence-electron chi connectivity index (χ4n) is 5.82. The van der Waals surface area contributed by atoms with Gasteiger partial charge >= 0.3 is 18.1 Å². The van der Waals surface area contributed by atoms with Gasteiger partial charge in [0.05, 0.1) is 0 Å². The van der Waals surface area contributed by atoms with Gasteiger partial charge in [-0.2, -0.15) is 0 Å². The van der Waals surface area contributed by atoms with Crippen molar-refractivity contribution >= 4 is 18.1 Å². The molecule has 0 heterocycles. The average Bonchev–Trinajstić information content (AvgIpc) is 2.84. The zero-order valence-corrected chi connectivity index (χ0v) is 22.5. The highest BCUT2D eigenvalue weighted by Crippen LogP contribution is 2.45. The molecule has 0 bridgehead atoms. The predicted octanol–water partition coefficient (Wildman–Crippen LogP) is 4.55. The molecule has 3 rings (SSSR count). The van der Waals surface area contributed by atoms with Gasteiger partial charge in [0.2, 0.25) is 0 Å². The molecule has 1 aromatic rings. The molecule has 0 aromatic heterocycles. The number of hydrogen-bond donors (Lipinski definition) is 3. The van der Waals surface area contributed by atoms with Gasteiger partial charge in [-0.25, -0.2) is 9.59 Å². The van der Waals surface area contributed by atoms with Crippen LogP contribution in [0.5, 0.6) is 5.75 Å². The SMILES string of the molecule is CC1(C)CC(NC(=O)NCC(=O)OC2CCCCC2)CC(C)(CNC(=O)OCCOc2ccccc2)C1. The molecule has 0 radical (unpaired) electrons. The van der Waals surface area contributed by atoms with Crippen molar-refractivity contribution in [1.82, 2.24) is 16.0 Å². The molecule has 9 heteroatoms. The van der Waals surface area contributed by atoms with Gasteiger partial charge in [0.25, 0.3) is 0 Å². The highest BCUT2D eigenvalue weighted by Gasteiger charge is 2.42. The van der Waals surface area contributed by atoms with Crippen molar-refractivity contribution < 1.29 is 28.6 Å². The molecule has 2 aliphatic carbocycles. The summed E-state index contributed by atoms with van der Waals surface area (Å²) >= 11 is 0. The number of benzene rings is 1. The van der Waals surface area contributed by atoms with Crippen LogP contribution in [0.1, 0.15) is 72.1 Å². The summed E-state index contributed by atoms with van der Waals surface area (Å²) in [5.74, 6) is 0.333. The second-order valence-corrected chi connectivity index (χ2v) is 11.5. The molecule has 0 spiro atoms. The molecule has 9 nitrogen and oxygen atoms in total. The zero-order chi connectivity index (χ0) is 26.7. The molecule has 3 N–H and O–H groups in total. The summed E-state index contributed by atoms with van der Waals surface area (Å²) in [6.07, 6.45) is 7.04. The van der Waals surface area contributed by atoms with Gasteiger partial charge in [-0.15, -0.1) is 0 Å². The van der Waals surface area contributed by atoms with Crippen LogP contribution < -0.4 is 20.7 Å². The van der Waals surface area contributed by atoms with E-state index in [4.69, 9.17) is 14.2 Å². The van der Waals surface area contributed by atoms with Crippen LogP contribution in [-0.4, -0.2) is 56.5 Å². The number of urea groups is 1. The third-order valence-electron chi connectivity index (χ3n) is 7.01. The molecule has 2 saturated carbocycles. The molecule has 0 aliphatic heterocycles. The number of amides is 3. The van der Waals surface area contributed by atoms with Crippen molar-refractivity contribution in [2.75, 3.05) is 26.3 Å². The Morgan fingerprint density at radius 2 is 1.68 bits per heavy atom. The largest absolute Gasteiger partial charge is 0.490 e. The molecule has 37 heavy (non-hydrogen) atoms. The topological polar surface area (TPSA) is 115 Å². The maximum atomic E-state index is 12.5. The first-order valence-corrected chi connectivity index (χ1v) is 13.4. The van der Waals surface area contributed by atoms with Crippen LogP contribution in [0.25, 0.3) is 0 Å². The zero-order valence-electron chi connectivity index (χ0n) is 22.5. The van der Waals surface area contributed by atoms with Crippen molar-refractivity contribution in [1.29, 1.82) is 0 Å². The third-order valence-corrected chi connectivity index (χ3v) is 7.01. The Balaban J connectivity index is 1.37. The average molecular weight is 518 g/mol. The number of esters is 1. The minimum atomic E-state index is -0.486. The van der Waals surface area contributed by atoms with Crippen LogP contribution >= 0.6 is 0 Å². The quantitative estimate of drug-likeness (QED) is 0.310. The number of carbonyl (C=O) groups excluding carboxylic acids is 3. The maximum absolute atomic E-state index is 12.5. The summed E-state index contributed by atoms with van der Waals surface area (Å²) in [6.45, 7) is 7.16. The standard InChI is InChI=1S/C28H43N3O6/c1-27(2)16-21(31-25(33)29-18-24(32)37-23-12-8-5-9-13-23)17-28(3,19-27)20-30-26(34)36-15-14-35-22-10-6-4-7-11-22/h4,6-7,10-11,21,23H,5,8-9,12-20H2,1-3H3,(H,30,34)(H2,29,31,33). The van der Waals surface area contributed by atoms with Crippen molar-refractivity contribution in [3.63, 3.8) is 0 Å². The molecule has 2 atom stereocenters. The van der Waals surface area contributed by atoms with E-state index in [1.165, 1.54) is 6.42 Å². The monoisotopic (exact) mass is 517 g/mol. The first-order valence-electron chi connectivity index (χ1n) is 13.4. The van der Waals surface area contributed by atoms with Crippen molar-refractivity contribution in [2.24, 2.45) is 10.8 Å². The highest BCUT2D eigenvalue weighted by atomic mass is 16.6. The van der Waals surface area contributed by atoms with Crippen molar-refractivity contribution in [3.05, 3.63) is 30.3 Å². The number of ether oxygens (including phenoxy) is 3. The lowest BCUT2D eigenvalue weighted by atomic mass is 9.62. The second-order valence-electron chi connectivity index (χ2n) is 11.5. The third kappa shape index (κ3) is 10.5. The number of nitrogens with one attached hydrogen (secondary N) is 3. The van der Waals surface area contributed by atoms with Gasteiger partial charge in [0, 0.05) is 12.6 Å². The van der Waals surface area contributed by atoms with Gasteiger partial charge < -0.3 is 30.2 Å². The molecule has 206 valence electrons. The van der Waals surface area contributed by atoms with Gasteiger partial charge in [-0.3, -0.25) is 4.79 Å². The number of alkyl carbamates (subject to hydrolysis) is 1. The van der Waals surface area contributed by atoms with E-state index >= 15 is 0 Å². The Labute approximate surface area is 220 Å². The normalized spacial score (nSPS) is 23.4. The Bertz CT molecular complexity index is 887. The maximum Gasteiger partial charge on any atom is 0.407 e. The molecule has 1 aromatic carbocycles. The predicted molar refractivity (Wildman–Crippen MR) is 140 cm³/mol. The lowest BCUT2D eigenvalue weighted by Gasteiger charge is -2.46. The number of hydrogen-bond acceptors (Lipinski definition) is 6. The minimum Gasteiger partial charge on any atom is -0.490 e. The lowest BCUT2D eigenvalue weighted by molar-refractivity contribution is -0.149. The summed E-state index contributed by atoms with van der Waals surface area (Å²) in [5.41, 5.74) is -0.251. The Morgan fingerprint density at radius 3 is 2.41 bits per heavy atom. The summed E-state index contributed by atoms with van der Waals surface area (Å²) in [6, 6.07) is 8.90. The molecule has 3 amide bonds. The van der Waals surface area contributed by atoms with Crippen LogP contribution in [0.2, 0.25) is 0 Å². The van der Waals surface area contributed by atoms with E-state index in [0.29, 0.717) is 13.0 Å². The van der Waals surface area contributed by atoms with Gasteiger partial charge in [0.1, 0.15) is 31.6 Å². The Kier molecular flexibility index (Phi) is 10.5. The molecular formula is C28H43N3O6. The summed E-state index contributed by atoms with van der Waals surface area (Å²) in [4.78, 5) is 36.9. The van der Waals surface area contributed by atoms with E-state index in [1.807, 2.05) is 30.3 Å². The van der Waals surface area contributed by atoms with Crippen LogP contribution in [-0.2, 0) is 14.3 Å². The molecule has 2 aliphatic rings. The van der Waals surface area contributed by atoms with E-state index in [-0.39, 0.29) is 48.8 Å². The van der Waals surface area contributed by atoms with E-state index in [2.05, 4.69) is 36.7 Å². The van der Waals surface area contributed by atoms with Gasteiger partial charge in [-0.1, -0.05) is 45.4 Å². The van der Waals surface area contributed by atoms with Crippen LogP contribution in [0, 0.1) is 10.8 Å². The first-order chi connectivity index (χ1) is 17.6. The number of para-hydroxylation sites is 1. The number of rotatable bonds is 10. The molecule has 2 unspecified atom stereocenters. The second kappa shape index (κ2) is 13.5. The van der Waals surface area contributed by atoms with Crippen molar-refractivity contribution in [2.45, 2.75) is 84.3 Å². The smallest absolute Gasteiger partial charge is 0.407 e. The number of carbonyl (C=O) groups is 3. The van der Waals surface area contributed by atoms with E-state index in [9.17, 15) is 14.4 Å². The fraction of sp³-hybridized carbons (Fsp3) is 0.679. The molecule has 0 saturated heterocycles. The highest BCUT2D eigenvalue weighted by molar-refractivity contribution is 5.81. The van der Waals surface area contributed by atoms with E-state index in [0.717, 1.165) is 44.3 Å². The lowest BCUT2D eigenvalue weighted by Crippen LogP contribution is -2.52. The van der Waals surface area contributed by atoms with Gasteiger partial charge in [-0.05, 0) is 67.9 Å². The molecule has 2 fully saturated rings. The Morgan fingerprint density at radius 1 is 0.946 bits per heavy atom. The van der Waals surface area contributed by atoms with Crippen LogP contribution in [0.3, 0.4) is 0 Å². The summed E-state index contributed by atoms with van der Waals surface area (Å²) < 4.78 is 16.3. The van der Waals surface area contributed by atoms with E-state index < -0.39 is 12.1 Å². The fourth-order valence-corrected chi connectivity index (χ4v) is 5.82. The van der Waals surface area contributed by atoms with Crippen LogP contribution in [0.15, 0.2) is 30.3 Å². The summed E-state index contributed by atoms with van der Waals surface area (Å²) in [7, 11) is 0. The minimum absolute atomic E-state index is 0.0264. The van der Waals surface area contributed by atoms with E-state index in [1.54, 1.807) is 0 Å². The first kappa shape index (κ1) is 28.6. The van der Waals surface area contributed by atoms with Crippen LogP contribution in [0.4, 0.5) is 9.59 Å². The van der Waals surface area contributed by atoms with Crippen molar-refractivity contribution in [3.8, 4) is 5.75 Å². The Hall–Kier alpha value is -2.97. The van der Waals surface area contributed by atoms with Gasteiger partial charge in [0.15, 0.2) is 0 Å².